The van der Waals surface area contributed by atoms with E-state index < -0.39 is 21.6 Å². The SMILES string of the molecule is CC(C)(C)OC(=O)Nc1cccc(CSC2([N+](=O)[O-])C=CC(Cl)=CN2)c1. The molecule has 1 aliphatic rings. The van der Waals surface area contributed by atoms with Gasteiger partial charge in [-0.1, -0.05) is 23.7 Å². The van der Waals surface area contributed by atoms with Crippen molar-refractivity contribution in [2.24, 2.45) is 0 Å². The van der Waals surface area contributed by atoms with Gasteiger partial charge in [0.1, 0.15) is 5.60 Å². The van der Waals surface area contributed by atoms with Crippen LogP contribution in [0.25, 0.3) is 0 Å². The molecule has 2 N–H and O–H groups in total. The minimum Gasteiger partial charge on any atom is -0.444 e. The maximum atomic E-state index is 11.8. The number of benzene rings is 1. The van der Waals surface area contributed by atoms with Gasteiger partial charge in [-0.3, -0.25) is 15.4 Å². The van der Waals surface area contributed by atoms with Crippen LogP contribution >= 0.6 is 23.4 Å². The number of carbonyl (C=O) groups excluding carboxylic acids is 1. The Labute approximate surface area is 161 Å². The van der Waals surface area contributed by atoms with E-state index in [1.165, 1.54) is 18.4 Å². The summed E-state index contributed by atoms with van der Waals surface area (Å²) in [5, 5.41) is 17.2. The van der Waals surface area contributed by atoms with Crippen molar-refractivity contribution >= 4 is 35.1 Å². The van der Waals surface area contributed by atoms with Crippen LogP contribution in [-0.4, -0.2) is 21.6 Å². The van der Waals surface area contributed by atoms with Crippen molar-refractivity contribution in [3.63, 3.8) is 0 Å². The highest BCUT2D eigenvalue weighted by atomic mass is 35.5. The third-order valence-corrected chi connectivity index (χ3v) is 4.74. The van der Waals surface area contributed by atoms with Gasteiger partial charge in [0, 0.05) is 23.7 Å². The number of nitrogens with one attached hydrogen (secondary N) is 2. The van der Waals surface area contributed by atoms with E-state index in [2.05, 4.69) is 10.6 Å². The Morgan fingerprint density at radius 2 is 2.19 bits per heavy atom. The number of halogens is 1. The van der Waals surface area contributed by atoms with Crippen LogP contribution in [0.2, 0.25) is 0 Å². The highest BCUT2D eigenvalue weighted by Gasteiger charge is 2.41. The number of hydrogen-bond acceptors (Lipinski definition) is 6. The average Bonchev–Trinajstić information content (AvgIpc) is 2.53. The first kappa shape index (κ1) is 20.1. The highest BCUT2D eigenvalue weighted by molar-refractivity contribution is 7.99. The van der Waals surface area contributed by atoms with Crippen molar-refractivity contribution in [1.82, 2.24) is 5.32 Å². The minimum absolute atomic E-state index is 0.355. The topological polar surface area (TPSA) is 93.5 Å². The summed E-state index contributed by atoms with van der Waals surface area (Å²) in [4.78, 5) is 21.4. The van der Waals surface area contributed by atoms with Gasteiger partial charge in [0.15, 0.2) is 0 Å². The van der Waals surface area contributed by atoms with Crippen molar-refractivity contribution in [2.45, 2.75) is 37.1 Å². The van der Waals surface area contributed by atoms with E-state index >= 15 is 0 Å². The molecule has 0 aromatic heterocycles. The molecule has 140 valence electrons. The van der Waals surface area contributed by atoms with Crippen LogP contribution in [0.3, 0.4) is 0 Å². The Morgan fingerprint density at radius 3 is 2.77 bits per heavy atom. The average molecular weight is 398 g/mol. The lowest BCUT2D eigenvalue weighted by Crippen LogP contribution is -2.46. The van der Waals surface area contributed by atoms with E-state index in [0.29, 0.717) is 16.5 Å². The lowest BCUT2D eigenvalue weighted by atomic mass is 10.2. The van der Waals surface area contributed by atoms with E-state index in [1.54, 1.807) is 39.0 Å². The number of nitro groups is 1. The number of thioether (sulfide) groups is 1. The molecule has 1 unspecified atom stereocenters. The third kappa shape index (κ3) is 5.67. The number of carbonyl (C=O) groups is 1. The molecule has 0 spiro atoms. The van der Waals surface area contributed by atoms with Gasteiger partial charge < -0.3 is 10.1 Å². The monoisotopic (exact) mass is 397 g/mol. The van der Waals surface area contributed by atoms with Crippen LogP contribution in [0, 0.1) is 10.1 Å². The summed E-state index contributed by atoms with van der Waals surface area (Å²) in [6.07, 6.45) is 3.76. The Morgan fingerprint density at radius 1 is 1.46 bits per heavy atom. The van der Waals surface area contributed by atoms with Crippen molar-refractivity contribution in [3.8, 4) is 0 Å². The zero-order chi connectivity index (χ0) is 19.4. The van der Waals surface area contributed by atoms with Gasteiger partial charge in [0.2, 0.25) is 0 Å². The number of anilines is 1. The molecular weight excluding hydrogens is 378 g/mol. The third-order valence-electron chi connectivity index (χ3n) is 3.19. The summed E-state index contributed by atoms with van der Waals surface area (Å²) >= 11 is 6.91. The van der Waals surface area contributed by atoms with Crippen LogP contribution in [-0.2, 0) is 10.5 Å². The molecule has 0 bridgehead atoms. The maximum absolute atomic E-state index is 11.8. The van der Waals surface area contributed by atoms with Crippen molar-refractivity contribution in [3.05, 3.63) is 63.3 Å². The molecule has 0 aliphatic carbocycles. The second-order valence-corrected chi connectivity index (χ2v) is 8.21. The zero-order valence-corrected chi connectivity index (χ0v) is 16.2. The van der Waals surface area contributed by atoms with Crippen LogP contribution in [0.15, 0.2) is 47.6 Å². The van der Waals surface area contributed by atoms with E-state index in [4.69, 9.17) is 16.3 Å². The molecule has 1 aromatic rings. The van der Waals surface area contributed by atoms with Gasteiger partial charge in [-0.25, -0.2) is 4.79 Å². The number of amides is 1. The predicted octanol–water partition coefficient (Wildman–Crippen LogP) is 4.44. The molecule has 1 atom stereocenters. The second-order valence-electron chi connectivity index (χ2n) is 6.58. The van der Waals surface area contributed by atoms with Crippen LogP contribution in [0.1, 0.15) is 26.3 Å². The fourth-order valence-corrected chi connectivity index (χ4v) is 3.17. The second kappa shape index (κ2) is 8.01. The summed E-state index contributed by atoms with van der Waals surface area (Å²) in [6, 6.07) is 7.07. The number of rotatable bonds is 5. The van der Waals surface area contributed by atoms with E-state index in [9.17, 15) is 14.9 Å². The first-order valence-corrected chi connectivity index (χ1v) is 9.16. The fourth-order valence-electron chi connectivity index (χ4n) is 2.07. The molecule has 0 fully saturated rings. The Balaban J connectivity index is 2.03. The molecule has 1 aromatic carbocycles. The van der Waals surface area contributed by atoms with Crippen LogP contribution in [0.5, 0.6) is 0 Å². The van der Waals surface area contributed by atoms with Gasteiger partial charge in [0.25, 0.3) is 0 Å². The van der Waals surface area contributed by atoms with Gasteiger partial charge >= 0.3 is 11.1 Å². The summed E-state index contributed by atoms with van der Waals surface area (Å²) in [5.74, 6) is 0.355. The van der Waals surface area contributed by atoms with Crippen LogP contribution < -0.4 is 10.6 Å². The number of hydrogen-bond donors (Lipinski definition) is 2. The van der Waals surface area contributed by atoms with Gasteiger partial charge in [-0.05, 0) is 56.3 Å². The largest absolute Gasteiger partial charge is 0.444 e. The Hall–Kier alpha value is -2.19. The normalized spacial score (nSPS) is 19.3. The Kier molecular flexibility index (Phi) is 6.20. The molecule has 2 rings (SSSR count). The molecule has 26 heavy (non-hydrogen) atoms. The molecule has 0 saturated carbocycles. The van der Waals surface area contributed by atoms with E-state index in [0.717, 1.165) is 17.3 Å². The smallest absolute Gasteiger partial charge is 0.412 e. The Bertz CT molecular complexity index is 761. The number of nitrogens with zero attached hydrogens (tertiary/aromatic N) is 1. The minimum atomic E-state index is -1.48. The standard InChI is InChI=1S/C17H20ClN3O4S/c1-16(2,3)25-15(22)20-14-6-4-5-12(9-14)11-26-17(21(23)24)8-7-13(18)10-19-17/h4-10,19H,11H2,1-3H3,(H,20,22). The van der Waals surface area contributed by atoms with Crippen LogP contribution in [0.4, 0.5) is 10.5 Å². The van der Waals surface area contributed by atoms with E-state index in [1.807, 2.05) is 6.07 Å². The molecule has 7 nitrogen and oxygen atoms in total. The molecule has 0 saturated heterocycles. The van der Waals surface area contributed by atoms with Crippen molar-refractivity contribution in [2.75, 3.05) is 5.32 Å². The summed E-state index contributed by atoms with van der Waals surface area (Å²) < 4.78 is 5.21. The molecule has 1 amide bonds. The summed E-state index contributed by atoms with van der Waals surface area (Å²) in [6.45, 7) is 5.34. The molecule has 1 aliphatic heterocycles. The quantitative estimate of drug-likeness (QED) is 0.433. The predicted molar refractivity (Wildman–Crippen MR) is 104 cm³/mol. The lowest BCUT2D eigenvalue weighted by Gasteiger charge is -2.24. The molecule has 0 radical (unpaired) electrons. The van der Waals surface area contributed by atoms with Gasteiger partial charge in [-0.2, -0.15) is 0 Å². The lowest BCUT2D eigenvalue weighted by molar-refractivity contribution is -0.529. The zero-order valence-electron chi connectivity index (χ0n) is 14.6. The summed E-state index contributed by atoms with van der Waals surface area (Å²) in [7, 11) is 0. The number of dihydropyridines is 1. The van der Waals surface area contributed by atoms with Gasteiger partial charge in [0.05, 0.1) is 9.96 Å². The number of ether oxygens (including phenoxy) is 1. The van der Waals surface area contributed by atoms with Crippen molar-refractivity contribution < 1.29 is 14.5 Å². The fraction of sp³-hybridized carbons (Fsp3) is 0.353. The first-order valence-electron chi connectivity index (χ1n) is 7.80. The molecule has 9 heteroatoms. The van der Waals surface area contributed by atoms with Gasteiger partial charge in [-0.15, -0.1) is 0 Å². The highest BCUT2D eigenvalue weighted by Crippen LogP contribution is 2.32. The van der Waals surface area contributed by atoms with E-state index in [-0.39, 0.29) is 0 Å². The first-order chi connectivity index (χ1) is 12.1. The molecule has 1 heterocycles. The maximum Gasteiger partial charge on any atom is 0.412 e. The van der Waals surface area contributed by atoms with Crippen molar-refractivity contribution in [1.29, 1.82) is 0 Å². The summed E-state index contributed by atoms with van der Waals surface area (Å²) in [5.41, 5.74) is 0.784. The molecular formula is C17H20ClN3O4S. The number of allylic oxidation sites excluding steroid dienone is 2.